The molecule has 35 heteroatoms. The number of aliphatic hydroxyl groups is 6. The number of carbonyl (C=O) groups is 8. The van der Waals surface area contributed by atoms with Crippen LogP contribution in [-0.2, 0) is 54.1 Å². The third kappa shape index (κ3) is 17.2. The summed E-state index contributed by atoms with van der Waals surface area (Å²) in [5, 5.41) is 110. The molecule has 4 aliphatic heterocycles. The molecule has 5 aromatic rings. The number of aromatic hydroxyl groups is 1. The van der Waals surface area contributed by atoms with E-state index in [9.17, 15) is 79.4 Å². The van der Waals surface area contributed by atoms with Gasteiger partial charge >= 0.3 is 29.6 Å². The number of rotatable bonds is 16. The van der Waals surface area contributed by atoms with Crippen molar-refractivity contribution in [2.45, 2.75) is 138 Å². The molecule has 15 atom stereocenters. The minimum Gasteiger partial charge on any atom is -0.691 e. The Labute approximate surface area is 561 Å². The first-order valence-corrected chi connectivity index (χ1v) is 30.8. The molecule has 0 spiro atoms. The van der Waals surface area contributed by atoms with E-state index in [1.807, 2.05) is 38.1 Å². The first kappa shape index (κ1) is 71.7. The van der Waals surface area contributed by atoms with E-state index in [0.717, 1.165) is 58.2 Å². The number of amides is 8. The summed E-state index contributed by atoms with van der Waals surface area (Å²) in [4.78, 5) is 123. The van der Waals surface area contributed by atoms with E-state index in [1.165, 1.54) is 36.5 Å². The number of anilines is 1. The maximum Gasteiger partial charge on any atom is 1.00 e. The minimum absolute atomic E-state index is 0. The number of aromatic nitrogens is 3. The zero-order chi connectivity index (χ0) is 66.4. The number of morpholine rings is 1. The summed E-state index contributed by atoms with van der Waals surface area (Å²) < 4.78 is 16.7. The Kier molecular flexibility index (Phi) is 24.2. The Bertz CT molecular complexity index is 3470. The summed E-state index contributed by atoms with van der Waals surface area (Å²) in [5.74, 6) is -11.2. The van der Waals surface area contributed by atoms with Gasteiger partial charge in [-0.15, -0.1) is 4.33 Å². The maximum atomic E-state index is 14.7. The molecule has 14 N–H and O–H groups in total. The topological polar surface area (TPSA) is 464 Å². The Morgan fingerprint density at radius 3 is 2.12 bits per heavy atom. The summed E-state index contributed by atoms with van der Waals surface area (Å²) in [5.41, 5.74) is 8.56. The van der Waals surface area contributed by atoms with E-state index >= 15 is 0 Å². The number of imidazole rings is 1. The molecular formula is C58H71N12NaO20S2. The van der Waals surface area contributed by atoms with Crippen molar-refractivity contribution in [2.24, 2.45) is 11.7 Å². The molecule has 9 rings (SSSR count). The summed E-state index contributed by atoms with van der Waals surface area (Å²) in [6.45, 7) is 6.49. The molecule has 32 nitrogen and oxygen atoms in total. The van der Waals surface area contributed by atoms with Crippen molar-refractivity contribution in [2.75, 3.05) is 37.6 Å². The molecule has 12 unspecified atom stereocenters. The van der Waals surface area contributed by atoms with Gasteiger partial charge in [-0.1, -0.05) is 36.5 Å². The molecule has 0 bridgehead atoms. The number of benzene rings is 3. The van der Waals surface area contributed by atoms with Crippen LogP contribution in [0.4, 0.5) is 5.69 Å². The number of β-amino-alcohol motifs (C(OH)–C–C–N with tert-alkyl or cyclic N) is 1. The molecule has 0 radical (unpaired) electrons. The van der Waals surface area contributed by atoms with Crippen LogP contribution < -0.4 is 76.2 Å². The number of hydrogen-bond donors (Lipinski definition) is 13. The Morgan fingerprint density at radius 2 is 1.46 bits per heavy atom. The van der Waals surface area contributed by atoms with Gasteiger partial charge in [-0.25, -0.2) is 9.50 Å². The predicted octanol–water partition coefficient (Wildman–Crippen LogP) is -6.56. The zero-order valence-electron chi connectivity index (χ0n) is 51.0. The van der Waals surface area contributed by atoms with Crippen LogP contribution in [0, 0.1) is 5.92 Å². The van der Waals surface area contributed by atoms with Crippen molar-refractivity contribution in [1.29, 1.82) is 0 Å². The number of carbonyl (C=O) groups excluding carboxylic acids is 8. The second-order valence-corrected chi connectivity index (χ2v) is 24.7. The van der Waals surface area contributed by atoms with Crippen molar-refractivity contribution in [3.05, 3.63) is 84.1 Å². The van der Waals surface area contributed by atoms with Gasteiger partial charge in [0.15, 0.2) is 11.5 Å². The Balaban J connectivity index is 0.0000111. The van der Waals surface area contributed by atoms with Crippen LogP contribution in [0.5, 0.6) is 11.5 Å². The average molecular weight is 1340 g/mol. The molecule has 496 valence electrons. The quantitative estimate of drug-likeness (QED) is 0.0144. The number of nitrogens with zero attached hydrogens (tertiary/aromatic N) is 6. The second kappa shape index (κ2) is 31.4. The second-order valence-electron chi connectivity index (χ2n) is 23.3. The number of ether oxygens (including phenoxy) is 1. The van der Waals surface area contributed by atoms with Crippen LogP contribution >= 0.6 is 23.7 Å². The number of nitrogens with one attached hydrogen (secondary N) is 5. The van der Waals surface area contributed by atoms with Crippen LogP contribution in [-0.4, -0.2) is 225 Å². The molecule has 4 aliphatic rings. The van der Waals surface area contributed by atoms with Crippen LogP contribution in [0.25, 0.3) is 26.8 Å². The number of fused-ring (bicyclic) bond motifs is 3. The normalized spacial score (nSPS) is 27.1. The van der Waals surface area contributed by atoms with Crippen LogP contribution in [0.3, 0.4) is 0 Å². The van der Waals surface area contributed by atoms with Gasteiger partial charge in [-0.05, 0) is 74.9 Å². The smallest absolute Gasteiger partial charge is 0.691 e. The molecule has 93 heavy (non-hydrogen) atoms. The van der Waals surface area contributed by atoms with E-state index in [1.54, 1.807) is 22.8 Å². The molecule has 4 fully saturated rings. The first-order chi connectivity index (χ1) is 43.8. The van der Waals surface area contributed by atoms with Crippen LogP contribution in [0.2, 0.25) is 0 Å². The minimum atomic E-state index is -2.22. The predicted molar refractivity (Wildman–Crippen MR) is 321 cm³/mol. The summed E-state index contributed by atoms with van der Waals surface area (Å²) in [6, 6.07) is 5.93. The summed E-state index contributed by atoms with van der Waals surface area (Å²) in [7, 11) is 0. The van der Waals surface area contributed by atoms with E-state index in [0.29, 0.717) is 16.2 Å². The summed E-state index contributed by atoms with van der Waals surface area (Å²) in [6.07, 6.45) is -11.8. The molecule has 0 aliphatic carbocycles. The SMILES string of the molecule is CC(O)C1NC(=O)[C@@H](NC(=O)c2ccc(-c3cn4nc(-c5ccc(N6C[C@@H](C)O[C@@H](C)C6)cc5)sc4n3)cc2)CC(O)CNC(=O)C2C(O)C(C)CN2C(=O)C(C(O)CC(N)=O)NC(=O)C(C(O)Cc2ccc(O)c(OSOO[O-])c2)NC(=O)C2CC(O)CN2C1=O.[Na+]. The number of aliphatic hydroxyl groups excluding tert-OH is 6. The first-order valence-electron chi connectivity index (χ1n) is 29.3. The molecular weight excluding hydrogens is 1270 g/mol. The van der Waals surface area contributed by atoms with Crippen LogP contribution in [0.1, 0.15) is 62.9 Å². The van der Waals surface area contributed by atoms with Crippen molar-refractivity contribution in [1.82, 2.24) is 51.0 Å². The monoisotopic (exact) mass is 1340 g/mol. The molecule has 4 saturated heterocycles. The van der Waals surface area contributed by atoms with Crippen molar-refractivity contribution in [3.63, 3.8) is 0 Å². The largest absolute Gasteiger partial charge is 1.00 e. The van der Waals surface area contributed by atoms with E-state index in [2.05, 4.69) is 40.9 Å². The third-order valence-corrected chi connectivity index (χ3v) is 17.5. The Morgan fingerprint density at radius 1 is 0.806 bits per heavy atom. The fourth-order valence-corrected chi connectivity index (χ4v) is 12.8. The number of hydrogen-bond acceptors (Lipinski definition) is 25. The zero-order valence-corrected chi connectivity index (χ0v) is 54.6. The van der Waals surface area contributed by atoms with E-state index < -0.39 is 177 Å². The van der Waals surface area contributed by atoms with Gasteiger partial charge in [-0.3, -0.25) is 43.4 Å². The van der Waals surface area contributed by atoms with Crippen molar-refractivity contribution >= 4 is 81.6 Å². The van der Waals surface area contributed by atoms with E-state index in [4.69, 9.17) is 24.7 Å². The average Bonchev–Trinajstić information content (AvgIpc) is 1.73. The number of nitrogens with two attached hydrogens (primary N) is 1. The van der Waals surface area contributed by atoms with Gasteiger partial charge in [0.1, 0.15) is 41.3 Å². The van der Waals surface area contributed by atoms with Gasteiger partial charge in [0, 0.05) is 80.3 Å². The number of phenols is 1. The fourth-order valence-electron chi connectivity index (χ4n) is 11.6. The summed E-state index contributed by atoms with van der Waals surface area (Å²) >= 11 is 1.37. The third-order valence-electron chi connectivity index (χ3n) is 16.2. The van der Waals surface area contributed by atoms with Gasteiger partial charge in [0.05, 0.1) is 67.1 Å². The van der Waals surface area contributed by atoms with Gasteiger partial charge in [0.2, 0.25) is 46.3 Å². The number of phenolic OH excluding ortho intramolecular Hbond substituents is 1. The van der Waals surface area contributed by atoms with Gasteiger partial charge in [0.25, 0.3) is 18.2 Å². The van der Waals surface area contributed by atoms with Crippen molar-refractivity contribution in [3.8, 4) is 33.3 Å². The fraction of sp³-hybridized carbons (Fsp3) is 0.483. The molecule has 8 amide bonds. The van der Waals surface area contributed by atoms with Crippen LogP contribution in [0.15, 0.2) is 72.9 Å². The standard InChI is InChI=1S/C58H72N12O20S2.Na/c1-26-21-69-48(49(26)78)54(83)60-20-35(72)17-37(61-50(79)32-8-6-31(7-9-32)38-25-70-58(62-38)91-55(66-70)33-10-12-34(13-11-33)67-22-27(2)87-28(3)23-67)51(80)63-45(29(4)71)56(84)68-24-36(73)18-39(68)52(81)64-46(53(82)65-47(57(69)85)42(76)19-44(59)77)41(75)15-30-5-14-40(74)43(16-30)88-92-90-89-86;/h5-14,16,25-29,35-37,39,41-42,45-49,71-76,78,86H,15,17-24H2,1-4H3,(H2,59,77)(H,60,83)(H,61,79)(H,63,80)(H,64,81)(H,65,82);/q;+1/p-1/t26?,27-,28+,29?,35?,36?,37-,39?,41?,42?,45?,46?,47?,48?,49?;/m0./s1. The van der Waals surface area contributed by atoms with Crippen molar-refractivity contribution < 1.29 is 127 Å². The van der Waals surface area contributed by atoms with E-state index in [-0.39, 0.29) is 71.0 Å². The molecule has 3 aromatic carbocycles. The molecule has 6 heterocycles. The molecule has 2 aromatic heterocycles. The molecule has 0 saturated carbocycles. The Hall–Kier alpha value is -7.13. The van der Waals surface area contributed by atoms with Gasteiger partial charge in [-0.2, -0.15) is 5.10 Å². The maximum absolute atomic E-state index is 14.7. The number of primary amides is 1. The van der Waals surface area contributed by atoms with Gasteiger partial charge < -0.3 is 96.9 Å².